The van der Waals surface area contributed by atoms with E-state index < -0.39 is 10.0 Å². The van der Waals surface area contributed by atoms with Gasteiger partial charge in [0.15, 0.2) is 0 Å². The average molecular weight is 463 g/mol. The van der Waals surface area contributed by atoms with Crippen molar-refractivity contribution in [3.63, 3.8) is 0 Å². The van der Waals surface area contributed by atoms with Crippen LogP contribution in [0.2, 0.25) is 0 Å². The SMILES string of the molecule is CC(C)c1ccc(S(=O)(=O)N2CCN(c3c(-c4ccccc4)cnc4ncnn34)CC2)cc1. The second-order valence-electron chi connectivity index (χ2n) is 8.45. The molecule has 1 aliphatic heterocycles. The van der Waals surface area contributed by atoms with E-state index in [1.165, 1.54) is 6.33 Å². The first kappa shape index (κ1) is 21.5. The number of anilines is 1. The summed E-state index contributed by atoms with van der Waals surface area (Å²) in [5.74, 6) is 1.75. The molecular weight excluding hydrogens is 436 g/mol. The molecule has 0 radical (unpaired) electrons. The Hall–Kier alpha value is -3.30. The molecule has 8 nitrogen and oxygen atoms in total. The molecule has 0 N–H and O–H groups in total. The van der Waals surface area contributed by atoms with Crippen LogP contribution in [0.4, 0.5) is 5.82 Å². The topological polar surface area (TPSA) is 83.7 Å². The molecule has 0 amide bonds. The lowest BCUT2D eigenvalue weighted by molar-refractivity contribution is 0.383. The monoisotopic (exact) mass is 462 g/mol. The van der Waals surface area contributed by atoms with Gasteiger partial charge in [0.2, 0.25) is 10.0 Å². The van der Waals surface area contributed by atoms with Crippen molar-refractivity contribution in [1.29, 1.82) is 0 Å². The molecule has 0 atom stereocenters. The fraction of sp³-hybridized carbons (Fsp3) is 0.292. The average Bonchev–Trinajstić information content (AvgIpc) is 3.33. The molecule has 0 unspecified atom stereocenters. The molecule has 1 saturated heterocycles. The zero-order valence-corrected chi connectivity index (χ0v) is 19.5. The normalized spacial score (nSPS) is 15.4. The molecule has 4 aromatic rings. The van der Waals surface area contributed by atoms with Gasteiger partial charge < -0.3 is 4.90 Å². The second kappa shape index (κ2) is 8.57. The van der Waals surface area contributed by atoms with Crippen LogP contribution in [0.1, 0.15) is 25.3 Å². The van der Waals surface area contributed by atoms with Gasteiger partial charge in [0, 0.05) is 37.9 Å². The van der Waals surface area contributed by atoms with E-state index in [-0.39, 0.29) is 0 Å². The predicted molar refractivity (Wildman–Crippen MR) is 128 cm³/mol. The predicted octanol–water partition coefficient (Wildman–Crippen LogP) is 3.43. The maximum atomic E-state index is 13.2. The quantitative estimate of drug-likeness (QED) is 0.452. The third kappa shape index (κ3) is 3.98. The minimum Gasteiger partial charge on any atom is -0.353 e. The van der Waals surface area contributed by atoms with Gasteiger partial charge in [-0.2, -0.15) is 18.9 Å². The van der Waals surface area contributed by atoms with Gasteiger partial charge in [-0.3, -0.25) is 0 Å². The Kier molecular flexibility index (Phi) is 5.59. The van der Waals surface area contributed by atoms with Crippen molar-refractivity contribution in [3.8, 4) is 11.1 Å². The fourth-order valence-corrected chi connectivity index (χ4v) is 5.63. The number of fused-ring (bicyclic) bond motifs is 1. The number of hydrogen-bond donors (Lipinski definition) is 0. The van der Waals surface area contributed by atoms with Crippen LogP contribution < -0.4 is 4.90 Å². The van der Waals surface area contributed by atoms with Crippen molar-refractivity contribution in [2.24, 2.45) is 0 Å². The highest BCUT2D eigenvalue weighted by Gasteiger charge is 2.30. The molecule has 0 saturated carbocycles. The molecule has 33 heavy (non-hydrogen) atoms. The van der Waals surface area contributed by atoms with E-state index in [0.717, 1.165) is 22.5 Å². The lowest BCUT2D eigenvalue weighted by atomic mass is 10.0. The lowest BCUT2D eigenvalue weighted by Crippen LogP contribution is -2.49. The van der Waals surface area contributed by atoms with Gasteiger partial charge in [-0.15, -0.1) is 0 Å². The summed E-state index contributed by atoms with van der Waals surface area (Å²) in [4.78, 5) is 11.2. The first-order chi connectivity index (χ1) is 15.9. The number of rotatable bonds is 5. The summed E-state index contributed by atoms with van der Waals surface area (Å²) in [6.07, 6.45) is 3.30. The van der Waals surface area contributed by atoms with Gasteiger partial charge in [0.05, 0.1) is 4.90 Å². The molecule has 3 heterocycles. The largest absolute Gasteiger partial charge is 0.353 e. The molecule has 2 aromatic carbocycles. The van der Waals surface area contributed by atoms with E-state index in [0.29, 0.717) is 42.8 Å². The molecular formula is C24H26N6O2S. The summed E-state index contributed by atoms with van der Waals surface area (Å²) < 4.78 is 29.8. The van der Waals surface area contributed by atoms with Crippen LogP contribution in [0.3, 0.4) is 0 Å². The van der Waals surface area contributed by atoms with Gasteiger partial charge in [0.25, 0.3) is 5.78 Å². The number of nitrogens with zero attached hydrogens (tertiary/aromatic N) is 6. The third-order valence-corrected chi connectivity index (χ3v) is 8.00. The molecule has 9 heteroatoms. The molecule has 170 valence electrons. The third-order valence-electron chi connectivity index (χ3n) is 6.09. The van der Waals surface area contributed by atoms with Gasteiger partial charge >= 0.3 is 0 Å². The van der Waals surface area contributed by atoms with Crippen LogP contribution >= 0.6 is 0 Å². The molecule has 1 fully saturated rings. The van der Waals surface area contributed by atoms with Crippen molar-refractivity contribution >= 4 is 21.6 Å². The second-order valence-corrected chi connectivity index (χ2v) is 10.4. The highest BCUT2D eigenvalue weighted by Crippen LogP contribution is 2.31. The number of piperazine rings is 1. The van der Waals surface area contributed by atoms with E-state index in [2.05, 4.69) is 33.8 Å². The molecule has 0 bridgehead atoms. The van der Waals surface area contributed by atoms with Gasteiger partial charge in [-0.1, -0.05) is 56.3 Å². The summed E-state index contributed by atoms with van der Waals surface area (Å²) in [5.41, 5.74) is 3.09. The van der Waals surface area contributed by atoms with Crippen LogP contribution in [0.25, 0.3) is 16.9 Å². The Morgan fingerprint density at radius 3 is 2.24 bits per heavy atom. The van der Waals surface area contributed by atoms with Crippen LogP contribution in [0, 0.1) is 0 Å². The molecule has 0 spiro atoms. The van der Waals surface area contributed by atoms with Crippen molar-refractivity contribution in [1.82, 2.24) is 23.9 Å². The summed E-state index contributed by atoms with van der Waals surface area (Å²) in [6, 6.07) is 17.2. The smallest absolute Gasteiger partial charge is 0.254 e. The molecule has 1 aliphatic rings. The number of aromatic nitrogens is 4. The van der Waals surface area contributed by atoms with Gasteiger partial charge in [-0.25, -0.2) is 13.4 Å². The first-order valence-electron chi connectivity index (χ1n) is 11.0. The van der Waals surface area contributed by atoms with Gasteiger partial charge in [0.1, 0.15) is 12.1 Å². The van der Waals surface area contributed by atoms with E-state index >= 15 is 0 Å². The highest BCUT2D eigenvalue weighted by molar-refractivity contribution is 7.89. The van der Waals surface area contributed by atoms with Crippen molar-refractivity contribution in [3.05, 3.63) is 72.7 Å². The zero-order chi connectivity index (χ0) is 23.0. The fourth-order valence-electron chi connectivity index (χ4n) is 4.21. The summed E-state index contributed by atoms with van der Waals surface area (Å²) in [7, 11) is -3.54. The summed E-state index contributed by atoms with van der Waals surface area (Å²) in [5, 5.41) is 4.39. The van der Waals surface area contributed by atoms with E-state index in [4.69, 9.17) is 0 Å². The summed E-state index contributed by atoms with van der Waals surface area (Å²) in [6.45, 7) is 6.06. The Balaban J connectivity index is 1.42. The molecule has 0 aliphatic carbocycles. The highest BCUT2D eigenvalue weighted by atomic mass is 32.2. The Bertz CT molecular complexity index is 1360. The first-order valence-corrected chi connectivity index (χ1v) is 12.5. The minimum atomic E-state index is -3.54. The molecule has 5 rings (SSSR count). The lowest BCUT2D eigenvalue weighted by Gasteiger charge is -2.36. The zero-order valence-electron chi connectivity index (χ0n) is 18.7. The van der Waals surface area contributed by atoms with Crippen LogP contribution in [-0.4, -0.2) is 58.5 Å². The van der Waals surface area contributed by atoms with E-state index in [1.807, 2.05) is 48.7 Å². The van der Waals surface area contributed by atoms with Crippen molar-refractivity contribution in [2.45, 2.75) is 24.7 Å². The van der Waals surface area contributed by atoms with Gasteiger partial charge in [-0.05, 0) is 29.2 Å². The standard InChI is InChI=1S/C24H26N6O2S/c1-18(2)19-8-10-21(11-9-19)33(31,32)29-14-12-28(13-15-29)23-22(20-6-4-3-5-7-20)16-25-24-26-17-27-30(23)24/h3-11,16-18H,12-15H2,1-2H3. The maximum absolute atomic E-state index is 13.2. The maximum Gasteiger partial charge on any atom is 0.254 e. The van der Waals surface area contributed by atoms with Crippen LogP contribution in [-0.2, 0) is 10.0 Å². The Morgan fingerprint density at radius 1 is 0.879 bits per heavy atom. The Morgan fingerprint density at radius 2 is 1.58 bits per heavy atom. The Labute approximate surface area is 193 Å². The number of sulfonamides is 1. The molecule has 2 aromatic heterocycles. The van der Waals surface area contributed by atoms with Crippen LogP contribution in [0.15, 0.2) is 72.0 Å². The number of hydrogen-bond acceptors (Lipinski definition) is 6. The van der Waals surface area contributed by atoms with E-state index in [1.54, 1.807) is 21.0 Å². The van der Waals surface area contributed by atoms with Crippen molar-refractivity contribution < 1.29 is 8.42 Å². The minimum absolute atomic E-state index is 0.341. The number of benzene rings is 2. The van der Waals surface area contributed by atoms with E-state index in [9.17, 15) is 8.42 Å². The van der Waals surface area contributed by atoms with Crippen LogP contribution in [0.5, 0.6) is 0 Å². The summed E-state index contributed by atoms with van der Waals surface area (Å²) >= 11 is 0. The van der Waals surface area contributed by atoms with Crippen molar-refractivity contribution in [2.75, 3.05) is 31.1 Å².